The Labute approximate surface area is 122 Å². The second-order valence-corrected chi connectivity index (χ2v) is 6.06. The highest BCUT2D eigenvalue weighted by Crippen LogP contribution is 2.37. The highest BCUT2D eigenvalue weighted by atomic mass is 16.3. The van der Waals surface area contributed by atoms with Gasteiger partial charge < -0.3 is 8.98 Å². The van der Waals surface area contributed by atoms with Crippen molar-refractivity contribution in [2.75, 3.05) is 0 Å². The summed E-state index contributed by atoms with van der Waals surface area (Å²) in [7, 11) is 2.12. The number of hydrogen-bond acceptors (Lipinski definition) is 1. The van der Waals surface area contributed by atoms with Crippen LogP contribution in [0.5, 0.6) is 0 Å². The van der Waals surface area contributed by atoms with E-state index in [2.05, 4.69) is 55.9 Å². The minimum Gasteiger partial charge on any atom is -0.465 e. The van der Waals surface area contributed by atoms with E-state index in [0.29, 0.717) is 0 Å². The molecule has 20 heavy (non-hydrogen) atoms. The molecule has 2 aromatic rings. The molecule has 2 rings (SSSR count). The topological polar surface area (TPSA) is 18.1 Å². The Morgan fingerprint density at radius 2 is 1.95 bits per heavy atom. The number of aromatic nitrogens is 1. The number of furan rings is 1. The molecule has 0 bridgehead atoms. The van der Waals surface area contributed by atoms with E-state index in [1.54, 1.807) is 0 Å². The predicted molar refractivity (Wildman–Crippen MR) is 84.1 cm³/mol. The highest BCUT2D eigenvalue weighted by Gasteiger charge is 2.33. The molecule has 2 aromatic heterocycles. The SMILES string of the molecule is CCCCCCC(C)(c1ccc(C)o1)c1cccn1C. The van der Waals surface area contributed by atoms with Gasteiger partial charge in [0.15, 0.2) is 0 Å². The summed E-state index contributed by atoms with van der Waals surface area (Å²) in [5.74, 6) is 2.09. The van der Waals surface area contributed by atoms with E-state index in [4.69, 9.17) is 4.42 Å². The molecule has 0 aliphatic rings. The van der Waals surface area contributed by atoms with Gasteiger partial charge >= 0.3 is 0 Å². The Bertz CT molecular complexity index is 537. The zero-order chi connectivity index (χ0) is 14.6. The molecule has 0 aromatic carbocycles. The summed E-state index contributed by atoms with van der Waals surface area (Å²) in [6, 6.07) is 8.55. The molecule has 0 amide bonds. The number of rotatable bonds is 7. The van der Waals surface area contributed by atoms with Gasteiger partial charge in [-0.3, -0.25) is 0 Å². The van der Waals surface area contributed by atoms with Crippen LogP contribution in [0.3, 0.4) is 0 Å². The van der Waals surface area contributed by atoms with Crippen molar-refractivity contribution < 1.29 is 4.42 Å². The molecular formula is C18H27NO. The molecule has 0 N–H and O–H groups in total. The third-order valence-electron chi connectivity index (χ3n) is 4.32. The first-order valence-electron chi connectivity index (χ1n) is 7.76. The van der Waals surface area contributed by atoms with Crippen molar-refractivity contribution in [2.24, 2.45) is 7.05 Å². The van der Waals surface area contributed by atoms with Crippen LogP contribution in [0.2, 0.25) is 0 Å². The molecule has 1 atom stereocenters. The molecule has 2 nitrogen and oxygen atoms in total. The van der Waals surface area contributed by atoms with E-state index in [0.717, 1.165) is 17.9 Å². The standard InChI is InChI=1S/C18H27NO/c1-5-6-7-8-13-18(3,16-10-9-14-19(16)4)17-12-11-15(2)20-17/h9-12,14H,5-8,13H2,1-4H3. The van der Waals surface area contributed by atoms with Crippen molar-refractivity contribution in [1.82, 2.24) is 4.57 Å². The minimum atomic E-state index is -0.0275. The molecule has 0 aliphatic heterocycles. The number of aryl methyl sites for hydroxylation is 2. The van der Waals surface area contributed by atoms with Gasteiger partial charge in [-0.25, -0.2) is 0 Å². The highest BCUT2D eigenvalue weighted by molar-refractivity contribution is 5.30. The maximum absolute atomic E-state index is 5.97. The Hall–Kier alpha value is -1.44. The van der Waals surface area contributed by atoms with Crippen molar-refractivity contribution in [3.63, 3.8) is 0 Å². The minimum absolute atomic E-state index is 0.0275. The lowest BCUT2D eigenvalue weighted by Crippen LogP contribution is -2.25. The summed E-state index contributed by atoms with van der Waals surface area (Å²) >= 11 is 0. The van der Waals surface area contributed by atoms with Gasteiger partial charge in [0.2, 0.25) is 0 Å². The van der Waals surface area contributed by atoms with Crippen molar-refractivity contribution >= 4 is 0 Å². The molecule has 0 radical (unpaired) electrons. The quantitative estimate of drug-likeness (QED) is 0.634. The van der Waals surface area contributed by atoms with Crippen molar-refractivity contribution in [2.45, 2.75) is 58.3 Å². The number of nitrogens with zero attached hydrogens (tertiary/aromatic N) is 1. The normalized spacial score (nSPS) is 14.4. The summed E-state index contributed by atoms with van der Waals surface area (Å²) in [4.78, 5) is 0. The average molecular weight is 273 g/mol. The maximum atomic E-state index is 5.97. The van der Waals surface area contributed by atoms with Crippen LogP contribution in [-0.2, 0) is 12.5 Å². The molecule has 0 spiro atoms. The summed E-state index contributed by atoms with van der Waals surface area (Å²) in [6.07, 6.45) is 8.40. The first-order chi connectivity index (χ1) is 9.58. The Balaban J connectivity index is 2.26. The first kappa shape index (κ1) is 15.0. The summed E-state index contributed by atoms with van der Waals surface area (Å²) in [5, 5.41) is 0. The van der Waals surface area contributed by atoms with Crippen molar-refractivity contribution in [3.8, 4) is 0 Å². The molecule has 0 saturated heterocycles. The largest absolute Gasteiger partial charge is 0.465 e. The van der Waals surface area contributed by atoms with Crippen LogP contribution < -0.4 is 0 Å². The van der Waals surface area contributed by atoms with E-state index in [-0.39, 0.29) is 5.41 Å². The summed E-state index contributed by atoms with van der Waals surface area (Å²) < 4.78 is 8.19. The second-order valence-electron chi connectivity index (χ2n) is 6.06. The molecule has 1 unspecified atom stereocenters. The van der Waals surface area contributed by atoms with Gasteiger partial charge in [0, 0.05) is 18.9 Å². The van der Waals surface area contributed by atoms with E-state index < -0.39 is 0 Å². The zero-order valence-electron chi connectivity index (χ0n) is 13.3. The van der Waals surface area contributed by atoms with Crippen molar-refractivity contribution in [1.29, 1.82) is 0 Å². The number of hydrogen-bond donors (Lipinski definition) is 0. The van der Waals surface area contributed by atoms with Crippen LogP contribution >= 0.6 is 0 Å². The lowest BCUT2D eigenvalue weighted by Gasteiger charge is -2.28. The Morgan fingerprint density at radius 3 is 2.50 bits per heavy atom. The fraction of sp³-hybridized carbons (Fsp3) is 0.556. The van der Waals surface area contributed by atoms with Crippen molar-refractivity contribution in [3.05, 3.63) is 47.7 Å². The fourth-order valence-corrected chi connectivity index (χ4v) is 3.05. The van der Waals surface area contributed by atoms with Gasteiger partial charge in [-0.1, -0.05) is 32.6 Å². The van der Waals surface area contributed by atoms with Crippen LogP contribution in [0.15, 0.2) is 34.9 Å². The predicted octanol–water partition coefficient (Wildman–Crippen LogP) is 5.20. The maximum Gasteiger partial charge on any atom is 0.115 e. The van der Waals surface area contributed by atoms with Crippen LogP contribution in [0.1, 0.15) is 63.2 Å². The molecule has 0 fully saturated rings. The van der Waals surface area contributed by atoms with E-state index >= 15 is 0 Å². The van der Waals surface area contributed by atoms with E-state index in [1.165, 1.54) is 31.4 Å². The van der Waals surface area contributed by atoms with E-state index in [1.807, 2.05) is 6.92 Å². The summed E-state index contributed by atoms with van der Waals surface area (Å²) in [6.45, 7) is 6.59. The first-order valence-corrected chi connectivity index (χ1v) is 7.76. The van der Waals surface area contributed by atoms with Gasteiger partial charge in [-0.2, -0.15) is 0 Å². The van der Waals surface area contributed by atoms with Gasteiger partial charge in [0.05, 0.1) is 5.41 Å². The number of unbranched alkanes of at least 4 members (excludes halogenated alkanes) is 3. The van der Waals surface area contributed by atoms with Gasteiger partial charge in [0.25, 0.3) is 0 Å². The molecule has 2 heteroatoms. The smallest absolute Gasteiger partial charge is 0.115 e. The van der Waals surface area contributed by atoms with Crippen LogP contribution in [0.4, 0.5) is 0 Å². The Kier molecular flexibility index (Phi) is 4.74. The molecule has 110 valence electrons. The Morgan fingerprint density at radius 1 is 1.15 bits per heavy atom. The average Bonchev–Trinajstić information content (AvgIpc) is 3.04. The zero-order valence-corrected chi connectivity index (χ0v) is 13.3. The lowest BCUT2D eigenvalue weighted by molar-refractivity contribution is 0.354. The molecule has 0 aliphatic carbocycles. The second kappa shape index (κ2) is 6.34. The van der Waals surface area contributed by atoms with Crippen LogP contribution in [0.25, 0.3) is 0 Å². The third-order valence-corrected chi connectivity index (χ3v) is 4.32. The molecule has 0 saturated carbocycles. The van der Waals surface area contributed by atoms with Gasteiger partial charge in [-0.15, -0.1) is 0 Å². The summed E-state index contributed by atoms with van der Waals surface area (Å²) in [5.41, 5.74) is 1.31. The monoisotopic (exact) mass is 273 g/mol. The lowest BCUT2D eigenvalue weighted by atomic mass is 9.79. The van der Waals surface area contributed by atoms with Gasteiger partial charge in [0.1, 0.15) is 11.5 Å². The third kappa shape index (κ3) is 3.00. The van der Waals surface area contributed by atoms with Gasteiger partial charge in [-0.05, 0) is 44.5 Å². The fourth-order valence-electron chi connectivity index (χ4n) is 3.05. The van der Waals surface area contributed by atoms with Crippen LogP contribution in [-0.4, -0.2) is 4.57 Å². The molecule has 2 heterocycles. The van der Waals surface area contributed by atoms with E-state index in [9.17, 15) is 0 Å². The molecular weight excluding hydrogens is 246 g/mol. The van der Waals surface area contributed by atoms with Crippen LogP contribution in [0, 0.1) is 6.92 Å².